The van der Waals surface area contributed by atoms with Crippen LogP contribution in [0.2, 0.25) is 0 Å². The van der Waals surface area contributed by atoms with Crippen LogP contribution in [0.5, 0.6) is 0 Å². The number of rotatable bonds is 3. The molecular formula is C11H12FNO. The molecule has 0 aromatic heterocycles. The first-order valence-electron chi connectivity index (χ1n) is 4.36. The van der Waals surface area contributed by atoms with Crippen molar-refractivity contribution in [3.05, 3.63) is 35.4 Å². The Morgan fingerprint density at radius 3 is 2.79 bits per heavy atom. The fourth-order valence-electron chi connectivity index (χ4n) is 1.16. The Hall–Kier alpha value is -1.47. The van der Waals surface area contributed by atoms with E-state index in [-0.39, 0.29) is 6.54 Å². The minimum absolute atomic E-state index is 0.257. The van der Waals surface area contributed by atoms with Gasteiger partial charge in [-0.15, -0.1) is 0 Å². The Bertz CT molecular complexity index is 362. The van der Waals surface area contributed by atoms with Gasteiger partial charge >= 0.3 is 0 Å². The average molecular weight is 193 g/mol. The van der Waals surface area contributed by atoms with E-state index in [4.69, 9.17) is 0 Å². The summed E-state index contributed by atoms with van der Waals surface area (Å²) in [6.45, 7) is 3.25. The van der Waals surface area contributed by atoms with Gasteiger partial charge in [0.05, 0.1) is 6.54 Å². The first-order valence-corrected chi connectivity index (χ1v) is 4.36. The van der Waals surface area contributed by atoms with Gasteiger partial charge in [0.25, 0.3) is 0 Å². The number of aliphatic imine (C=N–C) groups is 1. The molecule has 0 saturated carbocycles. The van der Waals surface area contributed by atoms with E-state index >= 15 is 0 Å². The van der Waals surface area contributed by atoms with Crippen molar-refractivity contribution in [3.63, 3.8) is 0 Å². The number of alkyl halides is 1. The Morgan fingerprint density at radius 1 is 1.50 bits per heavy atom. The van der Waals surface area contributed by atoms with Crippen LogP contribution in [-0.2, 0) is 17.0 Å². The first kappa shape index (κ1) is 10.6. The fraction of sp³-hybridized carbons (Fsp3) is 0.364. The summed E-state index contributed by atoms with van der Waals surface area (Å²) < 4.78 is 13.5. The van der Waals surface area contributed by atoms with Gasteiger partial charge in [-0.25, -0.2) is 14.2 Å². The molecule has 0 radical (unpaired) electrons. The van der Waals surface area contributed by atoms with E-state index < -0.39 is 5.67 Å². The van der Waals surface area contributed by atoms with Gasteiger partial charge in [0, 0.05) is 0 Å². The SMILES string of the molecule is CC(C)(F)c1cccc(CN=C=O)c1. The topological polar surface area (TPSA) is 29.4 Å². The highest BCUT2D eigenvalue weighted by Crippen LogP contribution is 2.25. The van der Waals surface area contributed by atoms with Crippen LogP contribution in [0.4, 0.5) is 4.39 Å². The highest BCUT2D eigenvalue weighted by atomic mass is 19.1. The van der Waals surface area contributed by atoms with Crippen molar-refractivity contribution in [2.75, 3.05) is 0 Å². The molecule has 0 aliphatic rings. The fourth-order valence-corrected chi connectivity index (χ4v) is 1.16. The summed E-state index contributed by atoms with van der Waals surface area (Å²) in [4.78, 5) is 13.3. The van der Waals surface area contributed by atoms with Gasteiger partial charge in [-0.3, -0.25) is 0 Å². The normalized spacial score (nSPS) is 10.8. The number of benzene rings is 1. The van der Waals surface area contributed by atoms with Crippen molar-refractivity contribution in [1.82, 2.24) is 0 Å². The molecule has 3 heteroatoms. The average Bonchev–Trinajstić information content (AvgIpc) is 2.14. The van der Waals surface area contributed by atoms with Crippen LogP contribution in [0.1, 0.15) is 25.0 Å². The molecule has 0 saturated heterocycles. The molecule has 0 atom stereocenters. The maximum absolute atomic E-state index is 13.5. The number of carbonyl (C=O) groups excluding carboxylic acids is 1. The van der Waals surface area contributed by atoms with Gasteiger partial charge in [0.15, 0.2) is 0 Å². The quantitative estimate of drug-likeness (QED) is 0.536. The summed E-state index contributed by atoms with van der Waals surface area (Å²) in [6.07, 6.45) is 1.46. The third-order valence-electron chi connectivity index (χ3n) is 1.94. The number of hydrogen-bond acceptors (Lipinski definition) is 2. The van der Waals surface area contributed by atoms with Crippen LogP contribution in [0.15, 0.2) is 29.3 Å². The third kappa shape index (κ3) is 2.79. The molecule has 0 N–H and O–H groups in total. The van der Waals surface area contributed by atoms with Crippen molar-refractivity contribution in [3.8, 4) is 0 Å². The number of hydrogen-bond donors (Lipinski definition) is 0. The minimum atomic E-state index is -1.36. The molecule has 0 unspecified atom stereocenters. The van der Waals surface area contributed by atoms with E-state index in [2.05, 4.69) is 4.99 Å². The van der Waals surface area contributed by atoms with Crippen LogP contribution >= 0.6 is 0 Å². The number of isocyanates is 1. The Labute approximate surface area is 82.5 Å². The lowest BCUT2D eigenvalue weighted by molar-refractivity contribution is 0.221. The van der Waals surface area contributed by atoms with E-state index in [9.17, 15) is 9.18 Å². The van der Waals surface area contributed by atoms with E-state index in [1.807, 2.05) is 0 Å². The lowest BCUT2D eigenvalue weighted by atomic mass is 9.98. The summed E-state index contributed by atoms with van der Waals surface area (Å²) in [5, 5.41) is 0. The molecule has 0 spiro atoms. The van der Waals surface area contributed by atoms with Crippen LogP contribution in [0, 0.1) is 0 Å². The Kier molecular flexibility index (Phi) is 3.15. The zero-order chi connectivity index (χ0) is 10.6. The van der Waals surface area contributed by atoms with E-state index in [0.29, 0.717) is 5.56 Å². The number of halogens is 1. The zero-order valence-corrected chi connectivity index (χ0v) is 8.25. The van der Waals surface area contributed by atoms with Gasteiger partial charge in [0.1, 0.15) is 5.67 Å². The van der Waals surface area contributed by atoms with E-state index in [0.717, 1.165) is 5.56 Å². The molecule has 74 valence electrons. The van der Waals surface area contributed by atoms with Crippen molar-refractivity contribution in [2.24, 2.45) is 4.99 Å². The molecule has 0 fully saturated rings. The lowest BCUT2D eigenvalue weighted by Gasteiger charge is -2.14. The molecule has 2 nitrogen and oxygen atoms in total. The molecule has 0 bridgehead atoms. The van der Waals surface area contributed by atoms with Gasteiger partial charge < -0.3 is 0 Å². The predicted octanol–water partition coefficient (Wildman–Crippen LogP) is 2.73. The summed E-state index contributed by atoms with van der Waals surface area (Å²) in [6, 6.07) is 6.98. The molecule has 14 heavy (non-hydrogen) atoms. The molecule has 1 aromatic carbocycles. The molecule has 0 aliphatic carbocycles. The predicted molar refractivity (Wildman–Crippen MR) is 52.4 cm³/mol. The largest absolute Gasteiger partial charge is 0.239 e. The second-order valence-corrected chi connectivity index (χ2v) is 3.58. The molecule has 0 aliphatic heterocycles. The van der Waals surface area contributed by atoms with Crippen LogP contribution in [0.3, 0.4) is 0 Å². The summed E-state index contributed by atoms with van der Waals surface area (Å²) in [5.74, 6) is 0. The summed E-state index contributed by atoms with van der Waals surface area (Å²) in [5.41, 5.74) is 0.0497. The van der Waals surface area contributed by atoms with Crippen LogP contribution < -0.4 is 0 Å². The Morgan fingerprint density at radius 2 is 2.21 bits per heavy atom. The second kappa shape index (κ2) is 4.16. The van der Waals surface area contributed by atoms with Gasteiger partial charge in [-0.2, -0.15) is 0 Å². The zero-order valence-electron chi connectivity index (χ0n) is 8.25. The molecule has 1 aromatic rings. The molecule has 0 amide bonds. The summed E-state index contributed by atoms with van der Waals surface area (Å²) in [7, 11) is 0. The highest BCUT2D eigenvalue weighted by molar-refractivity contribution is 5.34. The maximum atomic E-state index is 13.5. The van der Waals surface area contributed by atoms with Crippen molar-refractivity contribution >= 4 is 6.08 Å². The first-order chi connectivity index (χ1) is 6.54. The standard InChI is InChI=1S/C11H12FNO/c1-11(2,12)10-5-3-4-9(6-10)7-13-8-14/h3-6H,7H2,1-2H3. The summed E-state index contributed by atoms with van der Waals surface area (Å²) >= 11 is 0. The van der Waals surface area contributed by atoms with Gasteiger partial charge in [-0.05, 0) is 25.0 Å². The second-order valence-electron chi connectivity index (χ2n) is 3.58. The van der Waals surface area contributed by atoms with Crippen LogP contribution in [-0.4, -0.2) is 6.08 Å². The Balaban J connectivity index is 2.95. The molecule has 0 heterocycles. The van der Waals surface area contributed by atoms with Gasteiger partial charge in [0.2, 0.25) is 6.08 Å². The molecule has 1 rings (SSSR count). The minimum Gasteiger partial charge on any atom is -0.239 e. The van der Waals surface area contributed by atoms with E-state index in [1.165, 1.54) is 19.9 Å². The maximum Gasteiger partial charge on any atom is 0.235 e. The monoisotopic (exact) mass is 193 g/mol. The van der Waals surface area contributed by atoms with Gasteiger partial charge in [-0.1, -0.05) is 24.3 Å². The van der Waals surface area contributed by atoms with Crippen molar-refractivity contribution < 1.29 is 9.18 Å². The smallest absolute Gasteiger partial charge is 0.235 e. The third-order valence-corrected chi connectivity index (χ3v) is 1.94. The molecular weight excluding hydrogens is 181 g/mol. The highest BCUT2D eigenvalue weighted by Gasteiger charge is 2.18. The van der Waals surface area contributed by atoms with Crippen LogP contribution in [0.25, 0.3) is 0 Å². The van der Waals surface area contributed by atoms with Crippen molar-refractivity contribution in [2.45, 2.75) is 26.1 Å². The number of nitrogens with zero attached hydrogens (tertiary/aromatic N) is 1. The van der Waals surface area contributed by atoms with E-state index in [1.54, 1.807) is 24.3 Å². The lowest BCUT2D eigenvalue weighted by Crippen LogP contribution is -2.08. The van der Waals surface area contributed by atoms with Crippen molar-refractivity contribution in [1.29, 1.82) is 0 Å².